The molecule has 0 saturated carbocycles. The normalized spacial score (nSPS) is 20.5. The van der Waals surface area contributed by atoms with Crippen LogP contribution in [0.5, 0.6) is 0 Å². The van der Waals surface area contributed by atoms with Crippen LogP contribution in [0.15, 0.2) is 24.3 Å². The largest absolute Gasteiger partial charge is 0.321 e. The number of nitrogens with zero attached hydrogens (tertiary/aromatic N) is 1. The summed E-state index contributed by atoms with van der Waals surface area (Å²) < 4.78 is 0. The fourth-order valence-electron chi connectivity index (χ4n) is 6.81. The third-order valence-corrected chi connectivity index (χ3v) is 9.86. The number of nitrogens with one attached hydrogen (secondary N) is 1. The van der Waals surface area contributed by atoms with Gasteiger partial charge in [-0.15, -0.1) is 0 Å². The first kappa shape index (κ1) is 28.9. The minimum Gasteiger partial charge on any atom is -0.321 e. The topological polar surface area (TPSA) is 32.3 Å². The van der Waals surface area contributed by atoms with Gasteiger partial charge in [-0.1, -0.05) is 87.4 Å². The molecule has 4 rings (SSSR count). The van der Waals surface area contributed by atoms with Crippen LogP contribution >= 0.6 is 0 Å². The van der Waals surface area contributed by atoms with Crippen LogP contribution in [0.2, 0.25) is 0 Å². The Morgan fingerprint density at radius 1 is 0.816 bits per heavy atom. The van der Waals surface area contributed by atoms with Crippen molar-refractivity contribution in [1.29, 1.82) is 0 Å². The number of likely N-dealkylation sites (N-methyl/N-ethyl adjacent to an activating group) is 1. The Morgan fingerprint density at radius 2 is 1.32 bits per heavy atom. The highest BCUT2D eigenvalue weighted by atomic mass is 16.1. The third-order valence-electron chi connectivity index (χ3n) is 9.86. The second-order valence-electron chi connectivity index (χ2n) is 14.5. The summed E-state index contributed by atoms with van der Waals surface area (Å²) in [7, 11) is 0. The minimum absolute atomic E-state index is 0.00182. The maximum Gasteiger partial charge on any atom is 0.256 e. The summed E-state index contributed by atoms with van der Waals surface area (Å²) in [4.78, 5) is 16.3. The Kier molecular flexibility index (Phi) is 7.69. The molecule has 38 heavy (non-hydrogen) atoms. The van der Waals surface area contributed by atoms with Crippen LogP contribution in [0.4, 0.5) is 5.69 Å². The van der Waals surface area contributed by atoms with Crippen molar-refractivity contribution < 1.29 is 4.79 Å². The lowest BCUT2D eigenvalue weighted by molar-refractivity contribution is 0.102. The van der Waals surface area contributed by atoms with Crippen LogP contribution in [-0.4, -0.2) is 30.4 Å². The van der Waals surface area contributed by atoms with Crippen molar-refractivity contribution in [2.24, 2.45) is 0 Å². The number of benzene rings is 2. The molecule has 1 N–H and O–H groups in total. The standard InChI is InChI=1S/C35H51N2O/c1-11-37(12-2)22-17-24-13-15-25(16-14-24)31(38)36-30-28-26(32(3,4)18-20-34(28,7)8)23-27-29(30)35(9,10)21-19-33(27,5)6/h13-15,23H,11-12,17-22H2,1-10H3,(H,36,38). The first-order chi connectivity index (χ1) is 17.6. The quantitative estimate of drug-likeness (QED) is 0.402. The SMILES string of the molecule is CCN(CC)CCc1c[c]c(C(=O)Nc2c3c(cc4c2C(C)(C)CCC4(C)C)C(C)(C)CCC3(C)C)cc1. The zero-order chi connectivity index (χ0) is 28.1. The second kappa shape index (κ2) is 10.1. The third kappa shape index (κ3) is 5.33. The van der Waals surface area contributed by atoms with Gasteiger partial charge in [-0.05, 0) is 107 Å². The lowest BCUT2D eigenvalue weighted by Crippen LogP contribution is -2.41. The first-order valence-corrected chi connectivity index (χ1v) is 14.9. The lowest BCUT2D eigenvalue weighted by Gasteiger charge is -2.49. The number of anilines is 1. The van der Waals surface area contributed by atoms with Gasteiger partial charge in [-0.2, -0.15) is 0 Å². The molecule has 2 aliphatic rings. The number of hydrogen-bond acceptors (Lipinski definition) is 2. The molecule has 0 heterocycles. The monoisotopic (exact) mass is 515 g/mol. The molecule has 0 unspecified atom stereocenters. The van der Waals surface area contributed by atoms with Crippen molar-refractivity contribution in [3.63, 3.8) is 0 Å². The summed E-state index contributed by atoms with van der Waals surface area (Å²) in [6, 6.07) is 11.9. The van der Waals surface area contributed by atoms with Crippen molar-refractivity contribution in [3.8, 4) is 0 Å². The smallest absolute Gasteiger partial charge is 0.256 e. The molecular weight excluding hydrogens is 464 g/mol. The molecule has 0 bridgehead atoms. The average Bonchev–Trinajstić information content (AvgIpc) is 2.85. The zero-order valence-electron chi connectivity index (χ0n) is 25.8. The fraction of sp³-hybridized carbons (Fsp3) is 0.629. The van der Waals surface area contributed by atoms with Gasteiger partial charge in [0.2, 0.25) is 0 Å². The predicted octanol–water partition coefficient (Wildman–Crippen LogP) is 8.32. The number of amides is 1. The zero-order valence-corrected chi connectivity index (χ0v) is 25.8. The Hall–Kier alpha value is -2.13. The van der Waals surface area contributed by atoms with Crippen LogP contribution in [0.1, 0.15) is 133 Å². The molecule has 2 aromatic carbocycles. The Labute approximate surface area is 232 Å². The Balaban J connectivity index is 1.78. The van der Waals surface area contributed by atoms with E-state index < -0.39 is 0 Å². The van der Waals surface area contributed by atoms with Crippen molar-refractivity contribution in [3.05, 3.63) is 63.7 Å². The summed E-state index contributed by atoms with van der Waals surface area (Å²) in [6.07, 6.45) is 5.53. The van der Waals surface area contributed by atoms with Gasteiger partial charge in [0.1, 0.15) is 0 Å². The number of carbonyl (C=O) groups is 1. The highest BCUT2D eigenvalue weighted by Crippen LogP contribution is 2.56. The highest BCUT2D eigenvalue weighted by Gasteiger charge is 2.46. The minimum atomic E-state index is -0.0470. The van der Waals surface area contributed by atoms with E-state index in [2.05, 4.69) is 97.7 Å². The predicted molar refractivity (Wildman–Crippen MR) is 162 cm³/mol. The summed E-state index contributed by atoms with van der Waals surface area (Å²) >= 11 is 0. The highest BCUT2D eigenvalue weighted by molar-refractivity contribution is 6.05. The molecule has 1 radical (unpaired) electrons. The molecule has 0 aromatic heterocycles. The van der Waals surface area contributed by atoms with E-state index in [0.29, 0.717) is 5.56 Å². The van der Waals surface area contributed by atoms with E-state index in [4.69, 9.17) is 0 Å². The van der Waals surface area contributed by atoms with Gasteiger partial charge in [0.15, 0.2) is 0 Å². The number of rotatable bonds is 7. The van der Waals surface area contributed by atoms with Gasteiger partial charge in [0, 0.05) is 17.8 Å². The Morgan fingerprint density at radius 3 is 1.76 bits per heavy atom. The summed E-state index contributed by atoms with van der Waals surface area (Å²) in [5.74, 6) is -0.0470. The van der Waals surface area contributed by atoms with Crippen LogP contribution in [0.25, 0.3) is 0 Å². The molecule has 3 nitrogen and oxygen atoms in total. The maximum absolute atomic E-state index is 13.8. The Bertz CT molecular complexity index is 1130. The molecule has 1 amide bonds. The van der Waals surface area contributed by atoms with Gasteiger partial charge in [0.05, 0.1) is 0 Å². The molecule has 207 valence electrons. The molecular formula is C35H51N2O. The fourth-order valence-corrected chi connectivity index (χ4v) is 6.81. The molecule has 0 aliphatic heterocycles. The second-order valence-corrected chi connectivity index (χ2v) is 14.5. The van der Waals surface area contributed by atoms with E-state index in [0.717, 1.165) is 57.4 Å². The van der Waals surface area contributed by atoms with Gasteiger partial charge < -0.3 is 10.2 Å². The van der Waals surface area contributed by atoms with Crippen molar-refractivity contribution in [2.45, 2.75) is 123 Å². The van der Waals surface area contributed by atoms with E-state index in [1.807, 2.05) is 12.1 Å². The summed E-state index contributed by atoms with van der Waals surface area (Å²) in [6.45, 7) is 26.5. The van der Waals surface area contributed by atoms with Crippen LogP contribution in [0.3, 0.4) is 0 Å². The summed E-state index contributed by atoms with van der Waals surface area (Å²) in [5, 5.41) is 3.51. The first-order valence-electron chi connectivity index (χ1n) is 14.9. The molecule has 0 atom stereocenters. The van der Waals surface area contributed by atoms with Crippen molar-refractivity contribution in [1.82, 2.24) is 4.90 Å². The number of hydrogen-bond donors (Lipinski definition) is 1. The van der Waals surface area contributed by atoms with Gasteiger partial charge >= 0.3 is 0 Å². The molecule has 0 spiro atoms. The van der Waals surface area contributed by atoms with Gasteiger partial charge in [-0.25, -0.2) is 0 Å². The van der Waals surface area contributed by atoms with Crippen molar-refractivity contribution in [2.75, 3.05) is 25.0 Å². The van der Waals surface area contributed by atoms with Crippen molar-refractivity contribution >= 4 is 11.6 Å². The van der Waals surface area contributed by atoms with Crippen LogP contribution < -0.4 is 5.32 Å². The maximum atomic E-state index is 13.8. The van der Waals surface area contributed by atoms with E-state index in [-0.39, 0.29) is 27.6 Å². The average molecular weight is 516 g/mol. The molecule has 3 heteroatoms. The van der Waals surface area contributed by atoms with E-state index in [9.17, 15) is 4.79 Å². The number of carbonyl (C=O) groups excluding carboxylic acids is 1. The molecule has 2 aromatic rings. The van der Waals surface area contributed by atoms with Gasteiger partial charge in [-0.3, -0.25) is 4.79 Å². The molecule has 0 fully saturated rings. The van der Waals surface area contributed by atoms with Crippen LogP contribution in [-0.2, 0) is 28.1 Å². The molecule has 2 aliphatic carbocycles. The summed E-state index contributed by atoms with van der Waals surface area (Å²) in [5.41, 5.74) is 8.62. The van der Waals surface area contributed by atoms with E-state index in [1.54, 1.807) is 0 Å². The van der Waals surface area contributed by atoms with E-state index >= 15 is 0 Å². The number of fused-ring (bicyclic) bond motifs is 2. The molecule has 0 saturated heterocycles. The lowest BCUT2D eigenvalue weighted by atomic mass is 9.56. The van der Waals surface area contributed by atoms with E-state index in [1.165, 1.54) is 27.8 Å². The van der Waals surface area contributed by atoms with Gasteiger partial charge in [0.25, 0.3) is 5.91 Å². The van der Waals surface area contributed by atoms with Crippen LogP contribution in [0, 0.1) is 6.07 Å².